The lowest BCUT2D eigenvalue weighted by Crippen LogP contribution is -2.26. The molecular weight excluding hydrogens is 158 g/mol. The Morgan fingerprint density at radius 1 is 1.78 bits per heavy atom. The Labute approximate surface area is 60.2 Å². The predicted octanol–water partition coefficient (Wildman–Crippen LogP) is 0.635. The van der Waals surface area contributed by atoms with Gasteiger partial charge in [0.05, 0.1) is 0 Å². The highest BCUT2D eigenvalue weighted by Crippen LogP contribution is 2.28. The number of thioether (sulfide) groups is 1. The summed E-state index contributed by atoms with van der Waals surface area (Å²) in [6.45, 7) is 0. The molecule has 0 aromatic heterocycles. The van der Waals surface area contributed by atoms with E-state index >= 15 is 0 Å². The highest BCUT2D eigenvalue weighted by molar-refractivity contribution is 8.27. The van der Waals surface area contributed by atoms with Gasteiger partial charge in [0.1, 0.15) is 5.88 Å². The summed E-state index contributed by atoms with van der Waals surface area (Å²) in [6.07, 6.45) is 0. The minimum absolute atomic E-state index is 0.0408. The van der Waals surface area contributed by atoms with E-state index in [-0.39, 0.29) is 5.24 Å². The summed E-state index contributed by atoms with van der Waals surface area (Å²) in [7, 11) is 0. The molecule has 0 aromatic rings. The molecular formula is C3H3N3OS2. The monoisotopic (exact) mass is 161 g/mol. The van der Waals surface area contributed by atoms with Crippen LogP contribution in [0, 0.1) is 0 Å². The number of rotatable bonds is 0. The molecule has 6 heteroatoms. The van der Waals surface area contributed by atoms with E-state index in [4.69, 9.17) is 0 Å². The van der Waals surface area contributed by atoms with Crippen LogP contribution in [0.15, 0.2) is 4.99 Å². The lowest BCUT2D eigenvalue weighted by atomic mass is 11.2. The average Bonchev–Trinajstić information content (AvgIpc) is 2.22. The van der Waals surface area contributed by atoms with E-state index in [0.717, 1.165) is 22.8 Å². The van der Waals surface area contributed by atoms with Crippen LogP contribution in [-0.2, 0) is 0 Å². The summed E-state index contributed by atoms with van der Waals surface area (Å²) in [6, 6.07) is 0. The molecule has 0 aliphatic carbocycles. The lowest BCUT2D eigenvalue weighted by Gasteiger charge is -2.04. The Morgan fingerprint density at radius 2 is 2.67 bits per heavy atom. The zero-order chi connectivity index (χ0) is 6.27. The molecule has 1 N–H and O–H groups in total. The number of nitrogens with one attached hydrogen (secondary N) is 1. The number of carbonyl (C=O) groups excluding carboxylic acids is 1. The largest absolute Gasteiger partial charge is 0.306 e. The summed E-state index contributed by atoms with van der Waals surface area (Å²) >= 11 is 2.63. The maximum atomic E-state index is 10.6. The standard InChI is InChI=1S/C3H3N3OS2/c7-3-5-6-2(9-3)4-1-8-6/h1H2,(H,5,7). The van der Waals surface area contributed by atoms with Crippen LogP contribution in [0.3, 0.4) is 0 Å². The third-order valence-corrected chi connectivity index (χ3v) is 2.59. The van der Waals surface area contributed by atoms with Gasteiger partial charge >= 0.3 is 5.24 Å². The van der Waals surface area contributed by atoms with E-state index in [1.807, 2.05) is 0 Å². The number of aliphatic imine (C=N–C) groups is 1. The zero-order valence-electron chi connectivity index (χ0n) is 4.33. The summed E-state index contributed by atoms with van der Waals surface area (Å²) < 4.78 is 1.69. The maximum Gasteiger partial charge on any atom is 0.306 e. The van der Waals surface area contributed by atoms with Gasteiger partial charge in [-0.15, -0.1) is 0 Å². The second-order valence-corrected chi connectivity index (χ2v) is 3.32. The molecule has 9 heavy (non-hydrogen) atoms. The third kappa shape index (κ3) is 0.781. The van der Waals surface area contributed by atoms with Gasteiger partial charge in [-0.05, 0) is 11.9 Å². The van der Waals surface area contributed by atoms with E-state index < -0.39 is 0 Å². The molecule has 0 bridgehead atoms. The summed E-state index contributed by atoms with van der Waals surface area (Å²) in [4.78, 5) is 14.6. The summed E-state index contributed by atoms with van der Waals surface area (Å²) in [5.74, 6) is 0.725. The predicted molar refractivity (Wildman–Crippen MR) is 37.9 cm³/mol. The van der Waals surface area contributed by atoms with E-state index in [9.17, 15) is 4.79 Å². The average molecular weight is 161 g/mol. The molecule has 2 aliphatic rings. The Hall–Kier alpha value is -0.360. The number of nitrogens with zero attached hydrogens (tertiary/aromatic N) is 2. The second-order valence-electron chi connectivity index (χ2n) is 1.49. The number of hydrogen-bond donors (Lipinski definition) is 1. The van der Waals surface area contributed by atoms with Gasteiger partial charge in [-0.3, -0.25) is 4.79 Å². The molecule has 1 amide bonds. The first-order valence-electron chi connectivity index (χ1n) is 2.32. The number of amidine groups is 1. The van der Waals surface area contributed by atoms with E-state index in [2.05, 4.69) is 10.4 Å². The van der Waals surface area contributed by atoms with Crippen LogP contribution in [-0.4, -0.2) is 20.7 Å². The molecule has 4 nitrogen and oxygen atoms in total. The number of hydrazine groups is 1. The van der Waals surface area contributed by atoms with Crippen molar-refractivity contribution in [1.29, 1.82) is 0 Å². The number of fused-ring (bicyclic) bond motifs is 1. The molecule has 2 rings (SSSR count). The van der Waals surface area contributed by atoms with Gasteiger partial charge in [0.15, 0.2) is 5.17 Å². The number of amides is 1. The fourth-order valence-corrected chi connectivity index (χ4v) is 2.18. The molecule has 0 aromatic carbocycles. The number of hydrogen-bond acceptors (Lipinski definition) is 5. The van der Waals surface area contributed by atoms with Gasteiger partial charge in [0.2, 0.25) is 0 Å². The Balaban J connectivity index is 2.24. The van der Waals surface area contributed by atoms with Crippen molar-refractivity contribution in [3.63, 3.8) is 0 Å². The van der Waals surface area contributed by atoms with E-state index in [0.29, 0.717) is 0 Å². The Morgan fingerprint density at radius 3 is 3.44 bits per heavy atom. The quantitative estimate of drug-likeness (QED) is 0.529. The van der Waals surface area contributed by atoms with Crippen molar-refractivity contribution < 1.29 is 4.79 Å². The van der Waals surface area contributed by atoms with Crippen LogP contribution < -0.4 is 5.43 Å². The second kappa shape index (κ2) is 1.81. The maximum absolute atomic E-state index is 10.6. The highest BCUT2D eigenvalue weighted by Gasteiger charge is 2.29. The van der Waals surface area contributed by atoms with Gasteiger partial charge < -0.3 is 0 Å². The van der Waals surface area contributed by atoms with Gasteiger partial charge in [-0.1, -0.05) is 0 Å². The SMILES string of the molecule is O=C1NN2SCN=C2S1. The van der Waals surface area contributed by atoms with Crippen LogP contribution in [0.25, 0.3) is 0 Å². The first kappa shape index (κ1) is 5.43. The molecule has 48 valence electrons. The van der Waals surface area contributed by atoms with Crippen LogP contribution in [0.5, 0.6) is 0 Å². The molecule has 0 saturated carbocycles. The smallest absolute Gasteiger partial charge is 0.259 e. The fourth-order valence-electron chi connectivity index (χ4n) is 0.604. The normalized spacial score (nSPS) is 23.8. The molecule has 2 heterocycles. The summed E-state index contributed by atoms with van der Waals surface area (Å²) in [5.41, 5.74) is 2.61. The van der Waals surface area contributed by atoms with E-state index in [1.54, 1.807) is 4.41 Å². The third-order valence-electron chi connectivity index (χ3n) is 0.937. The Bertz CT molecular complexity index is 191. The van der Waals surface area contributed by atoms with Gasteiger partial charge in [0, 0.05) is 11.8 Å². The minimum atomic E-state index is -0.0408. The topological polar surface area (TPSA) is 44.7 Å². The molecule has 2 aliphatic heterocycles. The van der Waals surface area contributed by atoms with Crippen LogP contribution in [0.4, 0.5) is 4.79 Å². The molecule has 1 saturated heterocycles. The van der Waals surface area contributed by atoms with Crippen molar-refractivity contribution in [3.8, 4) is 0 Å². The van der Waals surface area contributed by atoms with Gasteiger partial charge in [-0.2, -0.15) is 4.41 Å². The first-order valence-corrected chi connectivity index (χ1v) is 4.08. The first-order chi connectivity index (χ1) is 4.36. The van der Waals surface area contributed by atoms with Crippen LogP contribution in [0.1, 0.15) is 0 Å². The molecule has 0 spiro atoms. The van der Waals surface area contributed by atoms with Crippen LogP contribution >= 0.6 is 23.7 Å². The van der Waals surface area contributed by atoms with Crippen molar-refractivity contribution in [3.05, 3.63) is 0 Å². The van der Waals surface area contributed by atoms with Gasteiger partial charge in [-0.25, -0.2) is 10.4 Å². The minimum Gasteiger partial charge on any atom is -0.259 e. The molecule has 0 unspecified atom stereocenters. The van der Waals surface area contributed by atoms with Crippen molar-refractivity contribution in [2.24, 2.45) is 4.99 Å². The Kier molecular flexibility index (Phi) is 1.09. The van der Waals surface area contributed by atoms with Crippen molar-refractivity contribution in [2.75, 3.05) is 5.88 Å². The fraction of sp³-hybridized carbons (Fsp3) is 0.333. The van der Waals surface area contributed by atoms with Crippen molar-refractivity contribution >= 4 is 34.1 Å². The summed E-state index contributed by atoms with van der Waals surface area (Å²) in [5, 5.41) is 0.742. The number of carbonyl (C=O) groups is 1. The van der Waals surface area contributed by atoms with E-state index in [1.165, 1.54) is 11.9 Å². The molecule has 0 radical (unpaired) electrons. The molecule has 1 fully saturated rings. The van der Waals surface area contributed by atoms with Gasteiger partial charge in [0.25, 0.3) is 0 Å². The molecule has 0 atom stereocenters. The van der Waals surface area contributed by atoms with Crippen LogP contribution in [0.2, 0.25) is 0 Å². The van der Waals surface area contributed by atoms with Crippen molar-refractivity contribution in [1.82, 2.24) is 9.84 Å². The lowest BCUT2D eigenvalue weighted by molar-refractivity contribution is 0.256. The zero-order valence-corrected chi connectivity index (χ0v) is 5.96. The van der Waals surface area contributed by atoms with Crippen molar-refractivity contribution in [2.45, 2.75) is 0 Å². The highest BCUT2D eigenvalue weighted by atomic mass is 32.2.